The normalized spacial score (nSPS) is 11.4. The average Bonchev–Trinajstić information content (AvgIpc) is 3.20. The molecule has 0 atom stereocenters. The van der Waals surface area contributed by atoms with Gasteiger partial charge in [-0.2, -0.15) is 0 Å². The van der Waals surface area contributed by atoms with E-state index < -0.39 is 0 Å². The minimum Gasteiger partial charge on any atom is -0.497 e. The number of aryl methyl sites for hydroxylation is 2. The number of rotatable bonds is 6. The van der Waals surface area contributed by atoms with E-state index in [1.165, 1.54) is 44.3 Å². The quantitative estimate of drug-likeness (QED) is 0.377. The minimum atomic E-state index is 0.860. The van der Waals surface area contributed by atoms with E-state index in [-0.39, 0.29) is 0 Å². The molecule has 0 amide bonds. The smallest absolute Gasteiger partial charge is 0.119 e. The van der Waals surface area contributed by atoms with Crippen LogP contribution in [0.2, 0.25) is 0 Å². The van der Waals surface area contributed by atoms with Gasteiger partial charge in [0.05, 0.1) is 14.2 Å². The van der Waals surface area contributed by atoms with E-state index in [2.05, 4.69) is 67.7 Å². The molecule has 0 N–H and O–H groups in total. The third kappa shape index (κ3) is 2.82. The Balaban J connectivity index is 2.05. The molecule has 4 heteroatoms. The summed E-state index contributed by atoms with van der Waals surface area (Å²) in [5, 5.41) is 2.36. The number of aromatic nitrogens is 2. The zero-order valence-corrected chi connectivity index (χ0v) is 18.8. The lowest BCUT2D eigenvalue weighted by Gasteiger charge is -2.10. The van der Waals surface area contributed by atoms with Crippen LogP contribution < -0.4 is 9.47 Å². The molecule has 156 valence electrons. The first-order chi connectivity index (χ1) is 14.5. The van der Waals surface area contributed by atoms with Gasteiger partial charge in [0, 0.05) is 57.4 Å². The third-order valence-electron chi connectivity index (χ3n) is 6.30. The van der Waals surface area contributed by atoms with Gasteiger partial charge in [-0.1, -0.05) is 6.58 Å². The molecule has 0 aliphatic rings. The number of ether oxygens (including phenoxy) is 2. The largest absolute Gasteiger partial charge is 0.497 e. The van der Waals surface area contributed by atoms with Gasteiger partial charge in [0.15, 0.2) is 0 Å². The second kappa shape index (κ2) is 7.60. The van der Waals surface area contributed by atoms with Gasteiger partial charge in [-0.05, 0) is 69.7 Å². The predicted molar refractivity (Wildman–Crippen MR) is 126 cm³/mol. The van der Waals surface area contributed by atoms with Gasteiger partial charge in [0.25, 0.3) is 0 Å². The fourth-order valence-corrected chi connectivity index (χ4v) is 4.88. The number of nitrogens with zero attached hydrogens (tertiary/aromatic N) is 2. The molecule has 30 heavy (non-hydrogen) atoms. The zero-order valence-electron chi connectivity index (χ0n) is 18.8. The van der Waals surface area contributed by atoms with Crippen molar-refractivity contribution in [3.8, 4) is 11.5 Å². The second-order valence-corrected chi connectivity index (χ2v) is 7.65. The molecule has 2 aromatic carbocycles. The summed E-state index contributed by atoms with van der Waals surface area (Å²) < 4.78 is 15.8. The first-order valence-electron chi connectivity index (χ1n) is 10.5. The zero-order chi connectivity index (χ0) is 21.6. The van der Waals surface area contributed by atoms with Crippen LogP contribution in [0, 0.1) is 13.8 Å². The van der Waals surface area contributed by atoms with Crippen LogP contribution in [0.5, 0.6) is 11.5 Å². The van der Waals surface area contributed by atoms with Crippen LogP contribution in [0.15, 0.2) is 43.0 Å². The summed E-state index contributed by atoms with van der Waals surface area (Å²) >= 11 is 0. The Bertz CT molecular complexity index is 1180. The number of benzene rings is 2. The summed E-state index contributed by atoms with van der Waals surface area (Å²) in [6.07, 6.45) is 0. The van der Waals surface area contributed by atoms with Gasteiger partial charge in [-0.25, -0.2) is 0 Å². The summed E-state index contributed by atoms with van der Waals surface area (Å²) in [7, 11) is 3.43. The van der Waals surface area contributed by atoms with Crippen molar-refractivity contribution in [1.29, 1.82) is 0 Å². The Kier molecular flexibility index (Phi) is 5.10. The van der Waals surface area contributed by atoms with Crippen molar-refractivity contribution < 1.29 is 9.47 Å². The molecular weight excluding hydrogens is 372 g/mol. The Morgan fingerprint density at radius 1 is 0.767 bits per heavy atom. The highest BCUT2D eigenvalue weighted by atomic mass is 16.5. The predicted octanol–water partition coefficient (Wildman–Crippen LogP) is 6.33. The maximum Gasteiger partial charge on any atom is 0.119 e. The molecule has 4 aromatic rings. The van der Waals surface area contributed by atoms with Gasteiger partial charge in [-0.15, -0.1) is 0 Å². The van der Waals surface area contributed by atoms with E-state index in [4.69, 9.17) is 9.47 Å². The van der Waals surface area contributed by atoms with Crippen LogP contribution in [0.4, 0.5) is 0 Å². The SMILES string of the molecule is C=C(c1c(C)n(CC)c2ccc(OC)cc12)c1c(C)n(CC)c2ccc(OC)cc12. The molecule has 0 radical (unpaired) electrons. The lowest BCUT2D eigenvalue weighted by molar-refractivity contribution is 0.415. The van der Waals surface area contributed by atoms with Crippen molar-refractivity contribution in [2.24, 2.45) is 0 Å². The molecule has 0 aliphatic heterocycles. The fourth-order valence-electron chi connectivity index (χ4n) is 4.88. The second-order valence-electron chi connectivity index (χ2n) is 7.65. The molecule has 2 heterocycles. The molecule has 0 saturated carbocycles. The van der Waals surface area contributed by atoms with E-state index in [1.807, 2.05) is 12.1 Å². The highest BCUT2D eigenvalue weighted by Crippen LogP contribution is 2.41. The summed E-state index contributed by atoms with van der Waals surface area (Å²) in [6.45, 7) is 15.2. The Morgan fingerprint density at radius 2 is 1.17 bits per heavy atom. The molecule has 0 bridgehead atoms. The number of hydrogen-bond acceptors (Lipinski definition) is 2. The molecule has 0 spiro atoms. The van der Waals surface area contributed by atoms with Gasteiger partial charge < -0.3 is 18.6 Å². The Morgan fingerprint density at radius 3 is 1.50 bits per heavy atom. The molecular formula is C26H30N2O2. The fraction of sp³-hybridized carbons (Fsp3) is 0.308. The Hall–Kier alpha value is -3.14. The van der Waals surface area contributed by atoms with Crippen LogP contribution in [0.1, 0.15) is 36.4 Å². The van der Waals surface area contributed by atoms with E-state index in [0.29, 0.717) is 0 Å². The maximum absolute atomic E-state index is 5.53. The molecule has 2 aromatic heterocycles. The first-order valence-corrected chi connectivity index (χ1v) is 10.5. The number of hydrogen-bond donors (Lipinski definition) is 0. The van der Waals surface area contributed by atoms with Crippen LogP contribution in [-0.2, 0) is 13.1 Å². The van der Waals surface area contributed by atoms with Gasteiger partial charge in [0.1, 0.15) is 11.5 Å². The topological polar surface area (TPSA) is 28.3 Å². The minimum absolute atomic E-state index is 0.860. The third-order valence-corrected chi connectivity index (χ3v) is 6.30. The van der Waals surface area contributed by atoms with Crippen molar-refractivity contribution in [2.45, 2.75) is 40.8 Å². The summed E-state index contributed by atoms with van der Waals surface area (Å²) in [5.41, 5.74) is 8.29. The summed E-state index contributed by atoms with van der Waals surface area (Å²) in [6, 6.07) is 12.6. The lowest BCUT2D eigenvalue weighted by atomic mass is 9.94. The van der Waals surface area contributed by atoms with Crippen molar-refractivity contribution in [3.63, 3.8) is 0 Å². The monoisotopic (exact) mass is 402 g/mol. The molecule has 0 fully saturated rings. The van der Waals surface area contributed by atoms with E-state index in [9.17, 15) is 0 Å². The highest BCUT2D eigenvalue weighted by molar-refractivity contribution is 6.05. The van der Waals surface area contributed by atoms with E-state index in [1.54, 1.807) is 14.2 Å². The summed E-state index contributed by atoms with van der Waals surface area (Å²) in [4.78, 5) is 0. The number of methoxy groups -OCH3 is 2. The number of fused-ring (bicyclic) bond motifs is 2. The van der Waals surface area contributed by atoms with Crippen LogP contribution >= 0.6 is 0 Å². The molecule has 0 aliphatic carbocycles. The van der Waals surface area contributed by atoms with E-state index in [0.717, 1.165) is 30.2 Å². The van der Waals surface area contributed by atoms with Crippen LogP contribution in [0.3, 0.4) is 0 Å². The van der Waals surface area contributed by atoms with Gasteiger partial charge in [-0.3, -0.25) is 0 Å². The first kappa shape index (κ1) is 20.1. The van der Waals surface area contributed by atoms with Crippen molar-refractivity contribution in [3.05, 3.63) is 65.5 Å². The standard InChI is InChI=1S/C26H30N2O2/c1-8-27-17(4)25(21-14-19(29-6)10-12-23(21)27)16(3)26-18(5)28(9-2)24-13-11-20(30-7)15-22(24)26/h10-15H,3,8-9H2,1-2,4-7H3. The molecule has 0 saturated heterocycles. The van der Waals surface area contributed by atoms with Crippen molar-refractivity contribution in [2.75, 3.05) is 14.2 Å². The molecule has 4 nitrogen and oxygen atoms in total. The lowest BCUT2D eigenvalue weighted by Crippen LogP contribution is -1.99. The van der Waals surface area contributed by atoms with Gasteiger partial charge >= 0.3 is 0 Å². The maximum atomic E-state index is 5.53. The van der Waals surface area contributed by atoms with Crippen molar-refractivity contribution >= 4 is 27.4 Å². The van der Waals surface area contributed by atoms with Gasteiger partial charge in [0.2, 0.25) is 0 Å². The van der Waals surface area contributed by atoms with Crippen molar-refractivity contribution in [1.82, 2.24) is 9.13 Å². The molecule has 0 unspecified atom stereocenters. The Labute approximate surface area is 178 Å². The molecule has 4 rings (SSSR count). The summed E-state index contributed by atoms with van der Waals surface area (Å²) in [5.74, 6) is 1.72. The van der Waals surface area contributed by atoms with Crippen LogP contribution in [0.25, 0.3) is 27.4 Å². The average molecular weight is 403 g/mol. The van der Waals surface area contributed by atoms with E-state index >= 15 is 0 Å². The van der Waals surface area contributed by atoms with Crippen LogP contribution in [-0.4, -0.2) is 23.4 Å². The highest BCUT2D eigenvalue weighted by Gasteiger charge is 2.22.